The molecule has 0 bridgehead atoms. The van der Waals surface area contributed by atoms with Crippen LogP contribution in [0.15, 0.2) is 12.4 Å². The molecule has 0 radical (unpaired) electrons. The number of aromatic nitrogens is 2. The standard InChI is InChI=1S/C10H16N2/c1-3-8(2)9-6-11-12(7-9)10-4-5-10/h6-8,10H,3-5H2,1-2H3. The maximum absolute atomic E-state index is 4.36. The number of rotatable bonds is 3. The average molecular weight is 164 g/mol. The van der Waals surface area contributed by atoms with Crippen LogP contribution in [0.5, 0.6) is 0 Å². The third-order valence-electron chi connectivity index (χ3n) is 2.72. The fraction of sp³-hybridized carbons (Fsp3) is 0.700. The summed E-state index contributed by atoms with van der Waals surface area (Å²) >= 11 is 0. The smallest absolute Gasteiger partial charge is 0.0524 e. The van der Waals surface area contributed by atoms with Crippen molar-refractivity contribution in [3.8, 4) is 0 Å². The maximum atomic E-state index is 4.36. The molecule has 2 heteroatoms. The Morgan fingerprint density at radius 3 is 3.00 bits per heavy atom. The summed E-state index contributed by atoms with van der Waals surface area (Å²) in [5.74, 6) is 0.664. The van der Waals surface area contributed by atoms with Crippen molar-refractivity contribution in [2.45, 2.75) is 45.1 Å². The van der Waals surface area contributed by atoms with E-state index in [4.69, 9.17) is 0 Å². The first kappa shape index (κ1) is 7.84. The zero-order valence-corrected chi connectivity index (χ0v) is 7.83. The molecule has 1 unspecified atom stereocenters. The molecule has 0 N–H and O–H groups in total. The SMILES string of the molecule is CCC(C)c1cnn(C2CC2)c1. The van der Waals surface area contributed by atoms with Gasteiger partial charge in [0.1, 0.15) is 0 Å². The predicted molar refractivity (Wildman–Crippen MR) is 49.2 cm³/mol. The van der Waals surface area contributed by atoms with Gasteiger partial charge in [0.25, 0.3) is 0 Å². The third-order valence-corrected chi connectivity index (χ3v) is 2.72. The summed E-state index contributed by atoms with van der Waals surface area (Å²) in [5, 5.41) is 4.36. The van der Waals surface area contributed by atoms with Gasteiger partial charge in [-0.25, -0.2) is 0 Å². The molecule has 0 aliphatic heterocycles. The molecule has 1 aromatic rings. The van der Waals surface area contributed by atoms with Crippen LogP contribution in [-0.2, 0) is 0 Å². The first-order valence-electron chi connectivity index (χ1n) is 4.85. The number of hydrogen-bond donors (Lipinski definition) is 0. The normalized spacial score (nSPS) is 19.5. The van der Waals surface area contributed by atoms with Gasteiger partial charge in [0.05, 0.1) is 12.2 Å². The average Bonchev–Trinajstić information content (AvgIpc) is 2.83. The molecule has 1 atom stereocenters. The van der Waals surface area contributed by atoms with E-state index in [1.165, 1.54) is 24.8 Å². The monoisotopic (exact) mass is 164 g/mol. The van der Waals surface area contributed by atoms with Gasteiger partial charge in [-0.05, 0) is 30.7 Å². The summed E-state index contributed by atoms with van der Waals surface area (Å²) in [7, 11) is 0. The van der Waals surface area contributed by atoms with E-state index in [1.807, 2.05) is 6.20 Å². The molecule has 12 heavy (non-hydrogen) atoms. The van der Waals surface area contributed by atoms with Crippen molar-refractivity contribution in [3.63, 3.8) is 0 Å². The van der Waals surface area contributed by atoms with E-state index >= 15 is 0 Å². The van der Waals surface area contributed by atoms with Crippen molar-refractivity contribution in [3.05, 3.63) is 18.0 Å². The molecule has 0 aromatic carbocycles. The summed E-state index contributed by atoms with van der Waals surface area (Å²) in [4.78, 5) is 0. The van der Waals surface area contributed by atoms with Gasteiger partial charge in [0.2, 0.25) is 0 Å². The lowest BCUT2D eigenvalue weighted by Crippen LogP contribution is -1.93. The zero-order valence-electron chi connectivity index (χ0n) is 7.83. The summed E-state index contributed by atoms with van der Waals surface area (Å²) in [6, 6.07) is 0.725. The lowest BCUT2D eigenvalue weighted by molar-refractivity contribution is 0.638. The van der Waals surface area contributed by atoms with Crippen LogP contribution < -0.4 is 0 Å². The van der Waals surface area contributed by atoms with E-state index in [2.05, 4.69) is 29.8 Å². The molecule has 1 aliphatic rings. The van der Waals surface area contributed by atoms with E-state index in [0.717, 1.165) is 6.04 Å². The van der Waals surface area contributed by atoms with Crippen LogP contribution in [0.3, 0.4) is 0 Å². The molecule has 1 saturated carbocycles. The summed E-state index contributed by atoms with van der Waals surface area (Å²) in [6.45, 7) is 4.48. The summed E-state index contributed by atoms with van der Waals surface area (Å²) in [6.07, 6.45) is 8.08. The van der Waals surface area contributed by atoms with E-state index < -0.39 is 0 Å². The minimum atomic E-state index is 0.664. The largest absolute Gasteiger partial charge is 0.269 e. The molecule has 66 valence electrons. The lowest BCUT2D eigenvalue weighted by atomic mass is 10.0. The van der Waals surface area contributed by atoms with Gasteiger partial charge in [0, 0.05) is 6.20 Å². The van der Waals surface area contributed by atoms with Crippen LogP contribution in [-0.4, -0.2) is 9.78 Å². The highest BCUT2D eigenvalue weighted by Gasteiger charge is 2.24. The molecular weight excluding hydrogens is 148 g/mol. The zero-order chi connectivity index (χ0) is 8.55. The molecule has 2 rings (SSSR count). The van der Waals surface area contributed by atoms with Crippen molar-refractivity contribution in [2.24, 2.45) is 0 Å². The first-order valence-corrected chi connectivity index (χ1v) is 4.85. The molecule has 0 spiro atoms. The highest BCUT2D eigenvalue weighted by atomic mass is 15.3. The highest BCUT2D eigenvalue weighted by Crippen LogP contribution is 2.34. The van der Waals surface area contributed by atoms with Crippen LogP contribution in [0.2, 0.25) is 0 Å². The van der Waals surface area contributed by atoms with Crippen molar-refractivity contribution in [1.29, 1.82) is 0 Å². The Bertz CT molecular complexity index is 261. The topological polar surface area (TPSA) is 17.8 Å². The van der Waals surface area contributed by atoms with Crippen molar-refractivity contribution >= 4 is 0 Å². The van der Waals surface area contributed by atoms with Crippen LogP contribution >= 0.6 is 0 Å². The van der Waals surface area contributed by atoms with Gasteiger partial charge in [0.15, 0.2) is 0 Å². The molecule has 0 amide bonds. The van der Waals surface area contributed by atoms with Crippen LogP contribution in [0.4, 0.5) is 0 Å². The first-order chi connectivity index (χ1) is 5.81. The Morgan fingerprint density at radius 2 is 2.42 bits per heavy atom. The predicted octanol–water partition coefficient (Wildman–Crippen LogP) is 2.73. The van der Waals surface area contributed by atoms with Crippen molar-refractivity contribution < 1.29 is 0 Å². The summed E-state index contributed by atoms with van der Waals surface area (Å²) < 4.78 is 2.13. The van der Waals surface area contributed by atoms with Crippen molar-refractivity contribution in [1.82, 2.24) is 9.78 Å². The maximum Gasteiger partial charge on any atom is 0.0524 e. The molecular formula is C10H16N2. The number of hydrogen-bond acceptors (Lipinski definition) is 1. The van der Waals surface area contributed by atoms with E-state index in [9.17, 15) is 0 Å². The van der Waals surface area contributed by atoms with Crippen LogP contribution in [0.1, 0.15) is 50.6 Å². The van der Waals surface area contributed by atoms with Gasteiger partial charge in [-0.15, -0.1) is 0 Å². The van der Waals surface area contributed by atoms with Crippen LogP contribution in [0.25, 0.3) is 0 Å². The van der Waals surface area contributed by atoms with E-state index in [0.29, 0.717) is 5.92 Å². The van der Waals surface area contributed by atoms with E-state index in [1.54, 1.807) is 0 Å². The minimum Gasteiger partial charge on any atom is -0.269 e. The Morgan fingerprint density at radius 1 is 1.67 bits per heavy atom. The minimum absolute atomic E-state index is 0.664. The van der Waals surface area contributed by atoms with Crippen LogP contribution in [0, 0.1) is 0 Å². The summed E-state index contributed by atoms with van der Waals surface area (Å²) in [5.41, 5.74) is 1.39. The molecule has 1 fully saturated rings. The highest BCUT2D eigenvalue weighted by molar-refractivity contribution is 5.10. The molecule has 2 nitrogen and oxygen atoms in total. The van der Waals surface area contributed by atoms with E-state index in [-0.39, 0.29) is 0 Å². The molecule has 1 heterocycles. The quantitative estimate of drug-likeness (QED) is 0.671. The molecule has 1 aliphatic carbocycles. The van der Waals surface area contributed by atoms with Gasteiger partial charge in [-0.1, -0.05) is 13.8 Å². The Balaban J connectivity index is 2.12. The fourth-order valence-electron chi connectivity index (χ4n) is 1.38. The lowest BCUT2D eigenvalue weighted by Gasteiger charge is -2.02. The fourth-order valence-corrected chi connectivity index (χ4v) is 1.38. The second-order valence-corrected chi connectivity index (χ2v) is 3.79. The second-order valence-electron chi connectivity index (χ2n) is 3.79. The van der Waals surface area contributed by atoms with Gasteiger partial charge >= 0.3 is 0 Å². The van der Waals surface area contributed by atoms with Gasteiger partial charge in [-0.3, -0.25) is 4.68 Å². The van der Waals surface area contributed by atoms with Gasteiger partial charge < -0.3 is 0 Å². The second kappa shape index (κ2) is 2.92. The molecule has 0 saturated heterocycles. The molecule has 1 aromatic heterocycles. The van der Waals surface area contributed by atoms with Crippen molar-refractivity contribution in [2.75, 3.05) is 0 Å². The number of nitrogens with zero attached hydrogens (tertiary/aromatic N) is 2. The third kappa shape index (κ3) is 1.38. The Labute approximate surface area is 73.6 Å². The Kier molecular flexibility index (Phi) is 1.91. The Hall–Kier alpha value is -0.790. The van der Waals surface area contributed by atoms with Gasteiger partial charge in [-0.2, -0.15) is 5.10 Å².